The minimum atomic E-state index is -0.259. The Morgan fingerprint density at radius 2 is 2.00 bits per heavy atom. The highest BCUT2D eigenvalue weighted by Crippen LogP contribution is 2.35. The quantitative estimate of drug-likeness (QED) is 0.630. The van der Waals surface area contributed by atoms with Crippen molar-refractivity contribution in [3.05, 3.63) is 29.3 Å². The number of anilines is 1. The molecule has 2 N–H and O–H groups in total. The van der Waals surface area contributed by atoms with Gasteiger partial charge in [-0.15, -0.1) is 0 Å². The van der Waals surface area contributed by atoms with E-state index in [0.29, 0.717) is 11.5 Å². The van der Waals surface area contributed by atoms with E-state index in [1.807, 2.05) is 6.07 Å². The molecule has 1 aliphatic rings. The molecule has 0 unspecified atom stereocenters. The van der Waals surface area contributed by atoms with Gasteiger partial charge >= 0.3 is 5.97 Å². The van der Waals surface area contributed by atoms with Crippen molar-refractivity contribution in [1.29, 1.82) is 0 Å². The molecule has 1 aromatic rings. The Morgan fingerprint density at radius 3 is 2.65 bits per heavy atom. The number of methoxy groups -OCH3 is 1. The van der Waals surface area contributed by atoms with Gasteiger partial charge in [0.1, 0.15) is 0 Å². The smallest absolute Gasteiger partial charge is 0.338 e. The summed E-state index contributed by atoms with van der Waals surface area (Å²) in [4.78, 5) is 11.7. The van der Waals surface area contributed by atoms with E-state index in [-0.39, 0.29) is 5.97 Å². The van der Waals surface area contributed by atoms with Crippen molar-refractivity contribution < 1.29 is 9.53 Å². The van der Waals surface area contributed by atoms with Gasteiger partial charge in [0.05, 0.1) is 12.7 Å². The van der Waals surface area contributed by atoms with Crippen LogP contribution in [0.3, 0.4) is 0 Å². The molecular weight excluding hydrogens is 214 g/mol. The number of carbonyl (C=O) groups is 1. The highest BCUT2D eigenvalue weighted by molar-refractivity contribution is 5.91. The number of carbonyl (C=O) groups excluding carboxylic acids is 1. The maximum Gasteiger partial charge on any atom is 0.338 e. The van der Waals surface area contributed by atoms with Crippen LogP contribution in [0.1, 0.15) is 53.9 Å². The number of hydrogen-bond acceptors (Lipinski definition) is 3. The first-order chi connectivity index (χ1) is 8.22. The summed E-state index contributed by atoms with van der Waals surface area (Å²) in [5.74, 6) is 0.201. The predicted octanol–water partition coefficient (Wildman–Crippen LogP) is 3.10. The fraction of sp³-hybridized carbons (Fsp3) is 0.500. The van der Waals surface area contributed by atoms with Crippen molar-refractivity contribution in [1.82, 2.24) is 0 Å². The summed E-state index contributed by atoms with van der Waals surface area (Å²) in [6.07, 6.45) is 6.06. The monoisotopic (exact) mass is 233 g/mol. The molecule has 1 aliphatic carbocycles. The highest BCUT2D eigenvalue weighted by Gasteiger charge is 2.21. The molecule has 2 rings (SSSR count). The lowest BCUT2D eigenvalue weighted by Crippen LogP contribution is -2.12. The Morgan fingerprint density at radius 1 is 1.29 bits per heavy atom. The van der Waals surface area contributed by atoms with Crippen LogP contribution in [0.15, 0.2) is 18.2 Å². The van der Waals surface area contributed by atoms with Gasteiger partial charge in [0.2, 0.25) is 0 Å². The number of ether oxygens (including phenoxy) is 1. The molecule has 92 valence electrons. The van der Waals surface area contributed by atoms with Crippen LogP contribution in [-0.2, 0) is 4.74 Å². The van der Waals surface area contributed by atoms with Crippen LogP contribution in [0.25, 0.3) is 0 Å². The highest BCUT2D eigenvalue weighted by atomic mass is 16.5. The molecule has 0 aromatic heterocycles. The molecule has 1 fully saturated rings. The van der Waals surface area contributed by atoms with Gasteiger partial charge in [0.15, 0.2) is 0 Å². The maximum atomic E-state index is 11.7. The van der Waals surface area contributed by atoms with Crippen LogP contribution in [0.4, 0.5) is 5.69 Å². The second-order valence-corrected chi connectivity index (χ2v) is 4.67. The summed E-state index contributed by atoms with van der Waals surface area (Å²) < 4.78 is 4.83. The maximum absolute atomic E-state index is 11.7. The van der Waals surface area contributed by atoms with E-state index in [9.17, 15) is 4.79 Å². The van der Waals surface area contributed by atoms with E-state index in [1.54, 1.807) is 12.1 Å². The van der Waals surface area contributed by atoms with E-state index in [1.165, 1.54) is 26.4 Å². The first kappa shape index (κ1) is 12.0. The van der Waals surface area contributed by atoms with Crippen LogP contribution >= 0.6 is 0 Å². The zero-order valence-electron chi connectivity index (χ0n) is 10.2. The summed E-state index contributed by atoms with van der Waals surface area (Å²) in [6.45, 7) is 0. The van der Waals surface area contributed by atoms with Crippen LogP contribution in [0.2, 0.25) is 0 Å². The average Bonchev–Trinajstić information content (AvgIpc) is 2.39. The fourth-order valence-electron chi connectivity index (χ4n) is 2.63. The summed E-state index contributed by atoms with van der Waals surface area (Å²) in [5, 5.41) is 0. The Bertz CT molecular complexity index is 409. The molecule has 0 atom stereocenters. The predicted molar refractivity (Wildman–Crippen MR) is 68.0 cm³/mol. The summed E-state index contributed by atoms with van der Waals surface area (Å²) in [5.41, 5.74) is 8.29. The minimum absolute atomic E-state index is 0.259. The van der Waals surface area contributed by atoms with Crippen molar-refractivity contribution in [2.45, 2.75) is 38.0 Å². The third kappa shape index (κ3) is 2.60. The molecule has 17 heavy (non-hydrogen) atoms. The average molecular weight is 233 g/mol. The normalized spacial score (nSPS) is 16.8. The van der Waals surface area contributed by atoms with Crippen molar-refractivity contribution in [3.8, 4) is 0 Å². The van der Waals surface area contributed by atoms with Gasteiger partial charge in [0.25, 0.3) is 0 Å². The van der Waals surface area contributed by atoms with Crippen LogP contribution < -0.4 is 5.73 Å². The zero-order chi connectivity index (χ0) is 12.3. The molecule has 0 aliphatic heterocycles. The van der Waals surface area contributed by atoms with Crippen molar-refractivity contribution >= 4 is 11.7 Å². The lowest BCUT2D eigenvalue weighted by atomic mass is 9.82. The first-order valence-electron chi connectivity index (χ1n) is 6.20. The third-order valence-corrected chi connectivity index (χ3v) is 3.53. The minimum Gasteiger partial charge on any atom is -0.465 e. The molecule has 3 nitrogen and oxygen atoms in total. The van der Waals surface area contributed by atoms with Crippen LogP contribution in [-0.4, -0.2) is 13.1 Å². The second-order valence-electron chi connectivity index (χ2n) is 4.67. The van der Waals surface area contributed by atoms with Gasteiger partial charge < -0.3 is 10.5 Å². The zero-order valence-corrected chi connectivity index (χ0v) is 10.2. The summed E-state index contributed by atoms with van der Waals surface area (Å²) >= 11 is 0. The topological polar surface area (TPSA) is 52.3 Å². The summed E-state index contributed by atoms with van der Waals surface area (Å²) in [6, 6.07) is 5.48. The van der Waals surface area contributed by atoms with Gasteiger partial charge in [-0.2, -0.15) is 0 Å². The van der Waals surface area contributed by atoms with E-state index in [4.69, 9.17) is 10.5 Å². The number of esters is 1. The van der Waals surface area contributed by atoms with Crippen LogP contribution in [0, 0.1) is 0 Å². The molecule has 1 saturated carbocycles. The molecule has 0 bridgehead atoms. The van der Waals surface area contributed by atoms with Gasteiger partial charge in [-0.1, -0.05) is 19.3 Å². The lowest BCUT2D eigenvalue weighted by molar-refractivity contribution is 0.0598. The Hall–Kier alpha value is -1.51. The molecule has 3 heteroatoms. The van der Waals surface area contributed by atoms with Gasteiger partial charge in [-0.05, 0) is 42.5 Å². The molecule has 0 saturated heterocycles. The van der Waals surface area contributed by atoms with E-state index in [2.05, 4.69) is 0 Å². The lowest BCUT2D eigenvalue weighted by Gasteiger charge is -2.24. The molecule has 0 radical (unpaired) electrons. The van der Waals surface area contributed by atoms with Gasteiger partial charge in [-0.3, -0.25) is 0 Å². The molecule has 0 heterocycles. The van der Waals surface area contributed by atoms with Gasteiger partial charge in [-0.25, -0.2) is 4.79 Å². The Kier molecular flexibility index (Phi) is 3.67. The molecule has 0 amide bonds. The van der Waals surface area contributed by atoms with Crippen molar-refractivity contribution in [2.75, 3.05) is 12.8 Å². The largest absolute Gasteiger partial charge is 0.465 e. The Balaban J connectivity index is 2.35. The third-order valence-electron chi connectivity index (χ3n) is 3.53. The molecular formula is C14H19NO2. The van der Waals surface area contributed by atoms with E-state index >= 15 is 0 Å². The van der Waals surface area contributed by atoms with E-state index < -0.39 is 0 Å². The van der Waals surface area contributed by atoms with Crippen molar-refractivity contribution in [3.63, 3.8) is 0 Å². The van der Waals surface area contributed by atoms with E-state index in [0.717, 1.165) is 24.1 Å². The Labute approximate surface area is 102 Å². The number of nitrogens with two attached hydrogens (primary N) is 1. The van der Waals surface area contributed by atoms with Crippen LogP contribution in [0.5, 0.6) is 0 Å². The summed E-state index contributed by atoms with van der Waals surface area (Å²) in [7, 11) is 1.42. The fourth-order valence-corrected chi connectivity index (χ4v) is 2.63. The SMILES string of the molecule is COC(=O)c1ccc(N)cc1C1CCCCC1. The number of hydrogen-bond donors (Lipinski definition) is 1. The molecule has 0 spiro atoms. The first-order valence-corrected chi connectivity index (χ1v) is 6.20. The standard InChI is InChI=1S/C14H19NO2/c1-17-14(16)12-8-7-11(15)9-13(12)10-5-3-2-4-6-10/h7-10H,2-6,15H2,1H3. The second kappa shape index (κ2) is 5.21. The molecule has 1 aromatic carbocycles. The number of rotatable bonds is 2. The number of benzene rings is 1. The van der Waals surface area contributed by atoms with Crippen molar-refractivity contribution in [2.24, 2.45) is 0 Å². The van der Waals surface area contributed by atoms with Gasteiger partial charge in [0, 0.05) is 5.69 Å². The number of nitrogen functional groups attached to an aromatic ring is 1.